The molecule has 2 rings (SSSR count). The fourth-order valence-electron chi connectivity index (χ4n) is 1.39. The van der Waals surface area contributed by atoms with Crippen LogP contribution in [0.15, 0.2) is 22.7 Å². The minimum absolute atomic E-state index is 0.0330. The summed E-state index contributed by atoms with van der Waals surface area (Å²) in [7, 11) is 0. The zero-order valence-electron chi connectivity index (χ0n) is 9.78. The van der Waals surface area contributed by atoms with Gasteiger partial charge < -0.3 is 4.52 Å². The molecule has 0 aliphatic heterocycles. The number of hydrogen-bond donors (Lipinski definition) is 0. The molecule has 0 aliphatic rings. The van der Waals surface area contributed by atoms with E-state index in [1.165, 1.54) is 6.92 Å². The molecule has 1 aromatic heterocycles. The Morgan fingerprint density at radius 3 is 2.44 bits per heavy atom. The van der Waals surface area contributed by atoms with Crippen LogP contribution in [0.5, 0.6) is 0 Å². The molecule has 0 aliphatic carbocycles. The second-order valence-corrected chi connectivity index (χ2v) is 4.82. The van der Waals surface area contributed by atoms with Crippen molar-refractivity contribution in [1.82, 2.24) is 10.1 Å². The normalized spacial score (nSPS) is 12.4. The number of hydrogen-bond acceptors (Lipinski definition) is 4. The number of nitrogens with zero attached hydrogens (tertiary/aromatic N) is 2. The summed E-state index contributed by atoms with van der Waals surface area (Å²) in [5.74, 6) is 0.200. The highest BCUT2D eigenvalue weighted by molar-refractivity contribution is 6.35. The van der Waals surface area contributed by atoms with Gasteiger partial charge in [-0.1, -0.05) is 28.4 Å². The Morgan fingerprint density at radius 2 is 1.89 bits per heavy atom. The van der Waals surface area contributed by atoms with Crippen molar-refractivity contribution in [3.05, 3.63) is 34.1 Å². The molecule has 1 unspecified atom stereocenters. The smallest absolute Gasteiger partial charge is 0.237 e. The van der Waals surface area contributed by atoms with E-state index in [0.29, 0.717) is 21.4 Å². The average molecular weight is 285 g/mol. The van der Waals surface area contributed by atoms with Crippen LogP contribution in [0.2, 0.25) is 10.0 Å². The number of rotatable bonds is 3. The molecule has 6 heteroatoms. The summed E-state index contributed by atoms with van der Waals surface area (Å²) in [6.07, 6.45) is 0. The van der Waals surface area contributed by atoms with Crippen LogP contribution in [0.3, 0.4) is 0 Å². The van der Waals surface area contributed by atoms with Gasteiger partial charge in [-0.25, -0.2) is 0 Å². The van der Waals surface area contributed by atoms with E-state index >= 15 is 0 Å². The molecular formula is C12H10Cl2N2O2. The van der Waals surface area contributed by atoms with E-state index in [1.54, 1.807) is 25.1 Å². The fourth-order valence-corrected chi connectivity index (χ4v) is 1.91. The van der Waals surface area contributed by atoms with Gasteiger partial charge in [0.2, 0.25) is 11.7 Å². The molecule has 94 valence electrons. The molecule has 0 fully saturated rings. The number of Topliss-reactive ketones (excluding diaryl/α,β-unsaturated/α-hetero) is 1. The lowest BCUT2D eigenvalue weighted by Gasteiger charge is -1.99. The number of halogens is 2. The molecule has 1 heterocycles. The SMILES string of the molecule is CC(=O)C(C)c1nc(-c2cc(Cl)cc(Cl)c2)no1. The summed E-state index contributed by atoms with van der Waals surface area (Å²) in [5, 5.41) is 4.80. The lowest BCUT2D eigenvalue weighted by Crippen LogP contribution is -2.04. The van der Waals surface area contributed by atoms with Gasteiger partial charge in [-0.2, -0.15) is 4.98 Å². The maximum atomic E-state index is 11.2. The van der Waals surface area contributed by atoms with Crippen molar-refractivity contribution in [2.75, 3.05) is 0 Å². The molecular weight excluding hydrogens is 275 g/mol. The van der Waals surface area contributed by atoms with Gasteiger partial charge in [0.15, 0.2) is 0 Å². The first-order chi connectivity index (χ1) is 8.47. The van der Waals surface area contributed by atoms with Crippen LogP contribution in [0.25, 0.3) is 11.4 Å². The second-order valence-electron chi connectivity index (χ2n) is 3.95. The Kier molecular flexibility index (Phi) is 3.68. The van der Waals surface area contributed by atoms with E-state index in [4.69, 9.17) is 27.7 Å². The minimum Gasteiger partial charge on any atom is -0.338 e. The molecule has 0 saturated heterocycles. The quantitative estimate of drug-likeness (QED) is 0.862. The molecule has 0 amide bonds. The first kappa shape index (κ1) is 13.1. The van der Waals surface area contributed by atoms with E-state index in [0.717, 1.165) is 0 Å². The predicted octanol–water partition coefficient (Wildman–Crippen LogP) is 3.74. The monoisotopic (exact) mass is 284 g/mol. The van der Waals surface area contributed by atoms with Gasteiger partial charge in [0, 0.05) is 15.6 Å². The zero-order chi connectivity index (χ0) is 13.3. The van der Waals surface area contributed by atoms with Crippen LogP contribution in [-0.4, -0.2) is 15.9 Å². The van der Waals surface area contributed by atoms with Crippen molar-refractivity contribution >= 4 is 29.0 Å². The summed E-state index contributed by atoms with van der Waals surface area (Å²) in [5.41, 5.74) is 0.651. The summed E-state index contributed by atoms with van der Waals surface area (Å²) < 4.78 is 5.05. The molecule has 0 saturated carbocycles. The average Bonchev–Trinajstić information content (AvgIpc) is 2.75. The Morgan fingerprint density at radius 1 is 1.28 bits per heavy atom. The van der Waals surface area contributed by atoms with Crippen molar-refractivity contribution in [1.29, 1.82) is 0 Å². The lowest BCUT2D eigenvalue weighted by atomic mass is 10.1. The van der Waals surface area contributed by atoms with Crippen LogP contribution in [-0.2, 0) is 4.79 Å². The third-order valence-corrected chi connectivity index (χ3v) is 2.98. The van der Waals surface area contributed by atoms with Crippen LogP contribution in [0, 0.1) is 0 Å². The predicted molar refractivity (Wildman–Crippen MR) is 68.9 cm³/mol. The van der Waals surface area contributed by atoms with Gasteiger partial charge in [0.1, 0.15) is 5.78 Å². The van der Waals surface area contributed by atoms with E-state index in [9.17, 15) is 4.79 Å². The third kappa shape index (κ3) is 2.71. The van der Waals surface area contributed by atoms with E-state index in [1.807, 2.05) is 0 Å². The van der Waals surface area contributed by atoms with Crippen LogP contribution in [0.1, 0.15) is 25.7 Å². The molecule has 0 spiro atoms. The standard InChI is InChI=1S/C12H10Cl2N2O2/c1-6(7(2)17)12-15-11(16-18-12)8-3-9(13)5-10(14)4-8/h3-6H,1-2H3. The number of carbonyl (C=O) groups excluding carboxylic acids is 1. The van der Waals surface area contributed by atoms with Crippen LogP contribution < -0.4 is 0 Å². The molecule has 2 aromatic rings. The first-order valence-electron chi connectivity index (χ1n) is 5.28. The Balaban J connectivity index is 2.37. The summed E-state index contributed by atoms with van der Waals surface area (Å²) in [6.45, 7) is 3.19. The van der Waals surface area contributed by atoms with Gasteiger partial charge in [-0.15, -0.1) is 0 Å². The molecule has 0 bridgehead atoms. The minimum atomic E-state index is -0.416. The third-order valence-electron chi connectivity index (χ3n) is 2.54. The molecule has 18 heavy (non-hydrogen) atoms. The topological polar surface area (TPSA) is 56.0 Å². The van der Waals surface area contributed by atoms with Crippen molar-refractivity contribution in [3.63, 3.8) is 0 Å². The summed E-state index contributed by atoms with van der Waals surface area (Å²) in [4.78, 5) is 15.4. The van der Waals surface area contributed by atoms with Crippen LogP contribution in [0.4, 0.5) is 0 Å². The molecule has 4 nitrogen and oxygen atoms in total. The zero-order valence-corrected chi connectivity index (χ0v) is 11.3. The Hall–Kier alpha value is -1.39. The maximum Gasteiger partial charge on any atom is 0.237 e. The van der Waals surface area contributed by atoms with Gasteiger partial charge in [-0.05, 0) is 32.0 Å². The van der Waals surface area contributed by atoms with Crippen molar-refractivity contribution in [2.45, 2.75) is 19.8 Å². The van der Waals surface area contributed by atoms with E-state index < -0.39 is 5.92 Å². The Bertz CT molecular complexity index is 575. The van der Waals surface area contributed by atoms with E-state index in [2.05, 4.69) is 10.1 Å². The largest absolute Gasteiger partial charge is 0.338 e. The number of ketones is 1. The van der Waals surface area contributed by atoms with Gasteiger partial charge in [-0.3, -0.25) is 4.79 Å². The Labute approximate surface area is 114 Å². The first-order valence-corrected chi connectivity index (χ1v) is 6.03. The fraction of sp³-hybridized carbons (Fsp3) is 0.250. The number of benzene rings is 1. The highest BCUT2D eigenvalue weighted by Gasteiger charge is 2.19. The van der Waals surface area contributed by atoms with Crippen LogP contribution >= 0.6 is 23.2 Å². The number of aromatic nitrogens is 2. The molecule has 1 aromatic carbocycles. The molecule has 0 radical (unpaired) electrons. The van der Waals surface area contributed by atoms with Gasteiger partial charge in [0.05, 0.1) is 5.92 Å². The van der Waals surface area contributed by atoms with E-state index in [-0.39, 0.29) is 11.7 Å². The number of carbonyl (C=O) groups is 1. The molecule has 1 atom stereocenters. The van der Waals surface area contributed by atoms with Crippen molar-refractivity contribution < 1.29 is 9.32 Å². The maximum absolute atomic E-state index is 11.2. The second kappa shape index (κ2) is 5.08. The lowest BCUT2D eigenvalue weighted by molar-refractivity contribution is -0.118. The van der Waals surface area contributed by atoms with Crippen molar-refractivity contribution in [2.24, 2.45) is 0 Å². The highest BCUT2D eigenvalue weighted by Crippen LogP contribution is 2.26. The summed E-state index contributed by atoms with van der Waals surface area (Å²) >= 11 is 11.8. The van der Waals surface area contributed by atoms with Gasteiger partial charge >= 0.3 is 0 Å². The molecule has 0 N–H and O–H groups in total. The van der Waals surface area contributed by atoms with Crippen molar-refractivity contribution in [3.8, 4) is 11.4 Å². The summed E-state index contributed by atoms with van der Waals surface area (Å²) in [6, 6.07) is 4.98. The van der Waals surface area contributed by atoms with Gasteiger partial charge in [0.25, 0.3) is 0 Å². The highest BCUT2D eigenvalue weighted by atomic mass is 35.5.